The van der Waals surface area contributed by atoms with E-state index in [4.69, 9.17) is 9.47 Å². The van der Waals surface area contributed by atoms with E-state index in [0.29, 0.717) is 49.7 Å². The number of anilines is 1. The molecule has 3 rings (SSSR count). The highest BCUT2D eigenvalue weighted by molar-refractivity contribution is 5.98. The van der Waals surface area contributed by atoms with Gasteiger partial charge in [0.2, 0.25) is 5.91 Å². The number of hydrogen-bond acceptors (Lipinski definition) is 5. The molecule has 2 amide bonds. The van der Waals surface area contributed by atoms with Crippen molar-refractivity contribution in [3.8, 4) is 5.75 Å². The molecule has 2 aromatic rings. The molecule has 3 atom stereocenters. The first-order valence-electron chi connectivity index (χ1n) is 12.5. The molecule has 7 nitrogen and oxygen atoms in total. The summed E-state index contributed by atoms with van der Waals surface area (Å²) in [6, 6.07) is 11.7. The van der Waals surface area contributed by atoms with Crippen molar-refractivity contribution in [2.24, 2.45) is 5.92 Å². The van der Waals surface area contributed by atoms with E-state index in [0.717, 1.165) is 12.0 Å². The summed E-state index contributed by atoms with van der Waals surface area (Å²) in [6.45, 7) is 8.23. The lowest BCUT2D eigenvalue weighted by Crippen LogP contribution is -2.46. The third kappa shape index (κ3) is 7.27. The molecule has 196 valence electrons. The Labute approximate surface area is 213 Å². The van der Waals surface area contributed by atoms with Gasteiger partial charge in [0, 0.05) is 58.0 Å². The van der Waals surface area contributed by atoms with Crippen LogP contribution >= 0.6 is 0 Å². The van der Waals surface area contributed by atoms with Gasteiger partial charge < -0.3 is 19.7 Å². The molecule has 1 aliphatic heterocycles. The van der Waals surface area contributed by atoms with Crippen LogP contribution in [0.25, 0.3) is 0 Å². The van der Waals surface area contributed by atoms with Crippen LogP contribution in [-0.2, 0) is 16.1 Å². The molecule has 0 unspecified atom stereocenters. The molecular weight excluding hydrogens is 461 g/mol. The fourth-order valence-electron chi connectivity index (χ4n) is 4.42. The van der Waals surface area contributed by atoms with E-state index in [-0.39, 0.29) is 35.7 Å². The highest BCUT2D eigenvalue weighted by atomic mass is 19.1. The van der Waals surface area contributed by atoms with Gasteiger partial charge in [-0.25, -0.2) is 4.39 Å². The molecule has 1 aliphatic rings. The third-order valence-electron chi connectivity index (χ3n) is 6.64. The Balaban J connectivity index is 1.92. The van der Waals surface area contributed by atoms with Crippen molar-refractivity contribution in [1.82, 2.24) is 9.80 Å². The number of benzene rings is 2. The lowest BCUT2D eigenvalue weighted by Gasteiger charge is -2.36. The number of carbonyl (C=O) groups is 2. The van der Waals surface area contributed by atoms with Crippen LogP contribution in [0, 0.1) is 11.7 Å². The summed E-state index contributed by atoms with van der Waals surface area (Å²) in [4.78, 5) is 29.4. The van der Waals surface area contributed by atoms with Crippen molar-refractivity contribution < 1.29 is 23.5 Å². The Kier molecular flexibility index (Phi) is 9.84. The largest absolute Gasteiger partial charge is 0.491 e. The van der Waals surface area contributed by atoms with Crippen LogP contribution in [-0.4, -0.2) is 67.6 Å². The normalized spacial score (nSPS) is 21.7. The van der Waals surface area contributed by atoms with Gasteiger partial charge in [-0.1, -0.05) is 26.0 Å². The van der Waals surface area contributed by atoms with Crippen molar-refractivity contribution in [3.63, 3.8) is 0 Å². The monoisotopic (exact) mass is 499 g/mol. The molecule has 2 aromatic carbocycles. The predicted octanol–water partition coefficient (Wildman–Crippen LogP) is 4.57. The number of nitrogens with zero attached hydrogens (tertiary/aromatic N) is 2. The average molecular weight is 500 g/mol. The van der Waals surface area contributed by atoms with Crippen LogP contribution in [0.3, 0.4) is 0 Å². The summed E-state index contributed by atoms with van der Waals surface area (Å²) in [5, 5.41) is 2.88. The SMILES string of the molecule is CCCC(=O)Nc1ccc2c(c1)OC[C@H](C)N(Cc1ccc(F)cc1)C[C@H](C)[C@H](OC)CN(C)C2=O. The van der Waals surface area contributed by atoms with E-state index in [2.05, 4.69) is 24.1 Å². The highest BCUT2D eigenvalue weighted by Crippen LogP contribution is 2.27. The molecule has 0 bridgehead atoms. The zero-order valence-electron chi connectivity index (χ0n) is 21.9. The molecule has 1 heterocycles. The number of amides is 2. The fraction of sp³-hybridized carbons (Fsp3) is 0.500. The van der Waals surface area contributed by atoms with Crippen LogP contribution in [0.1, 0.15) is 49.5 Å². The fourth-order valence-corrected chi connectivity index (χ4v) is 4.42. The number of rotatable bonds is 6. The number of ether oxygens (including phenoxy) is 2. The van der Waals surface area contributed by atoms with Gasteiger partial charge in [0.1, 0.15) is 18.2 Å². The van der Waals surface area contributed by atoms with Gasteiger partial charge in [-0.3, -0.25) is 14.5 Å². The van der Waals surface area contributed by atoms with Crippen LogP contribution in [0.5, 0.6) is 5.75 Å². The van der Waals surface area contributed by atoms with Gasteiger partial charge in [0.15, 0.2) is 0 Å². The maximum atomic E-state index is 13.5. The second kappa shape index (κ2) is 12.8. The third-order valence-corrected chi connectivity index (χ3v) is 6.64. The first-order chi connectivity index (χ1) is 17.2. The Bertz CT molecular complexity index is 1030. The van der Waals surface area contributed by atoms with Gasteiger partial charge in [0.25, 0.3) is 5.91 Å². The lowest BCUT2D eigenvalue weighted by atomic mass is 10.0. The van der Waals surface area contributed by atoms with Gasteiger partial charge in [-0.05, 0) is 49.1 Å². The van der Waals surface area contributed by atoms with Crippen LogP contribution in [0.2, 0.25) is 0 Å². The number of carbonyl (C=O) groups excluding carboxylic acids is 2. The van der Waals surface area contributed by atoms with E-state index in [1.165, 1.54) is 12.1 Å². The summed E-state index contributed by atoms with van der Waals surface area (Å²) < 4.78 is 25.5. The highest BCUT2D eigenvalue weighted by Gasteiger charge is 2.28. The molecule has 8 heteroatoms. The Morgan fingerprint density at radius 3 is 2.56 bits per heavy atom. The minimum Gasteiger partial charge on any atom is -0.491 e. The van der Waals surface area contributed by atoms with E-state index >= 15 is 0 Å². The summed E-state index contributed by atoms with van der Waals surface area (Å²) in [6.07, 6.45) is 1.00. The minimum absolute atomic E-state index is 0.00606. The lowest BCUT2D eigenvalue weighted by molar-refractivity contribution is -0.116. The van der Waals surface area contributed by atoms with Crippen molar-refractivity contribution in [1.29, 1.82) is 0 Å². The van der Waals surface area contributed by atoms with Crippen LogP contribution < -0.4 is 10.1 Å². The number of halogens is 1. The molecule has 0 saturated carbocycles. The summed E-state index contributed by atoms with van der Waals surface area (Å²) in [7, 11) is 3.42. The second-order valence-electron chi connectivity index (χ2n) is 9.66. The number of likely N-dealkylation sites (N-methyl/N-ethyl adjacent to an activating group) is 1. The summed E-state index contributed by atoms with van der Waals surface area (Å²) >= 11 is 0. The van der Waals surface area contributed by atoms with Gasteiger partial charge >= 0.3 is 0 Å². The topological polar surface area (TPSA) is 71.1 Å². The van der Waals surface area contributed by atoms with E-state index in [9.17, 15) is 14.0 Å². The molecule has 0 aromatic heterocycles. The summed E-state index contributed by atoms with van der Waals surface area (Å²) in [5.41, 5.74) is 2.03. The first kappa shape index (κ1) is 27.6. The Hall–Kier alpha value is -2.97. The van der Waals surface area contributed by atoms with Crippen LogP contribution in [0.15, 0.2) is 42.5 Å². The zero-order valence-corrected chi connectivity index (χ0v) is 21.9. The zero-order chi connectivity index (χ0) is 26.2. The van der Waals surface area contributed by atoms with Crippen molar-refractivity contribution in [2.45, 2.75) is 52.3 Å². The summed E-state index contributed by atoms with van der Waals surface area (Å²) in [5.74, 6) is 0.0511. The predicted molar refractivity (Wildman–Crippen MR) is 139 cm³/mol. The number of nitrogens with one attached hydrogen (secondary N) is 1. The van der Waals surface area contributed by atoms with Crippen LogP contribution in [0.4, 0.5) is 10.1 Å². The Morgan fingerprint density at radius 2 is 1.89 bits per heavy atom. The van der Waals surface area contributed by atoms with E-state index in [1.54, 1.807) is 49.4 Å². The molecule has 0 spiro atoms. The van der Waals surface area contributed by atoms with Crippen molar-refractivity contribution >= 4 is 17.5 Å². The molecule has 0 radical (unpaired) electrons. The quantitative estimate of drug-likeness (QED) is 0.631. The number of methoxy groups -OCH3 is 1. The van der Waals surface area contributed by atoms with Gasteiger partial charge in [0.05, 0.1) is 11.7 Å². The maximum Gasteiger partial charge on any atom is 0.257 e. The van der Waals surface area contributed by atoms with E-state index < -0.39 is 0 Å². The Morgan fingerprint density at radius 1 is 1.17 bits per heavy atom. The molecule has 36 heavy (non-hydrogen) atoms. The van der Waals surface area contributed by atoms with Gasteiger partial charge in [-0.2, -0.15) is 0 Å². The molecular formula is C28H38FN3O4. The number of fused-ring (bicyclic) bond motifs is 1. The first-order valence-corrected chi connectivity index (χ1v) is 12.5. The minimum atomic E-state index is -0.261. The molecule has 0 fully saturated rings. The molecule has 0 saturated heterocycles. The maximum absolute atomic E-state index is 13.5. The average Bonchev–Trinajstić information content (AvgIpc) is 2.85. The standard InChI is InChI=1S/C28H38FN3O4/c1-6-7-27(33)30-23-12-13-24-25(14-23)36-18-20(3)32(16-21-8-10-22(29)11-9-21)15-19(2)26(35-5)17-31(4)28(24)34/h8-14,19-20,26H,6-7,15-18H2,1-5H3,(H,30,33)/t19-,20-,26+/m0/s1. The molecule has 1 N–H and O–H groups in total. The van der Waals surface area contributed by atoms with Gasteiger partial charge in [-0.15, -0.1) is 0 Å². The molecule has 0 aliphatic carbocycles. The van der Waals surface area contributed by atoms with Crippen molar-refractivity contribution in [3.05, 3.63) is 59.4 Å². The van der Waals surface area contributed by atoms with Crippen molar-refractivity contribution in [2.75, 3.05) is 39.2 Å². The second-order valence-corrected chi connectivity index (χ2v) is 9.66. The number of hydrogen-bond donors (Lipinski definition) is 1. The smallest absolute Gasteiger partial charge is 0.257 e. The van der Waals surface area contributed by atoms with E-state index in [1.807, 2.05) is 6.92 Å².